The molecule has 0 aromatic heterocycles. The van der Waals surface area contributed by atoms with Gasteiger partial charge in [-0.25, -0.2) is 4.79 Å². The van der Waals surface area contributed by atoms with Crippen LogP contribution in [0.4, 0.5) is 0 Å². The molecule has 4 nitrogen and oxygen atoms in total. The molecule has 0 unspecified atom stereocenters. The van der Waals surface area contributed by atoms with Crippen molar-refractivity contribution >= 4 is 17.5 Å². The van der Waals surface area contributed by atoms with Crippen LogP contribution < -0.4 is 0 Å². The Balaban J connectivity index is 2.04. The molecule has 84 valence electrons. The highest BCUT2D eigenvalue weighted by Crippen LogP contribution is 2.36. The van der Waals surface area contributed by atoms with Gasteiger partial charge in [0, 0.05) is 23.6 Å². The molecule has 0 saturated heterocycles. The SMILES string of the molecule is O=C1C=C(C2=C(O)c3ccccc3C2)OC1=O. The third kappa shape index (κ3) is 1.38. The summed E-state index contributed by atoms with van der Waals surface area (Å²) in [7, 11) is 0. The number of allylic oxidation sites excluding steroid dienone is 1. The van der Waals surface area contributed by atoms with Gasteiger partial charge in [0.25, 0.3) is 5.78 Å². The third-order valence-electron chi connectivity index (χ3n) is 2.89. The zero-order valence-electron chi connectivity index (χ0n) is 8.77. The fraction of sp³-hybridized carbons (Fsp3) is 0.0769. The number of ketones is 1. The van der Waals surface area contributed by atoms with Gasteiger partial charge in [-0.15, -0.1) is 0 Å². The highest BCUT2D eigenvalue weighted by molar-refractivity contribution is 6.40. The number of fused-ring (bicyclic) bond motifs is 1. The number of carbonyl (C=O) groups is 2. The summed E-state index contributed by atoms with van der Waals surface area (Å²) in [4.78, 5) is 22.1. The number of carbonyl (C=O) groups excluding carboxylic acids is 2. The summed E-state index contributed by atoms with van der Waals surface area (Å²) in [6.45, 7) is 0. The summed E-state index contributed by atoms with van der Waals surface area (Å²) in [6.07, 6.45) is 1.59. The minimum atomic E-state index is -0.892. The van der Waals surface area contributed by atoms with Crippen LogP contribution in [-0.2, 0) is 20.7 Å². The summed E-state index contributed by atoms with van der Waals surface area (Å²) < 4.78 is 4.81. The Morgan fingerprint density at radius 2 is 1.94 bits per heavy atom. The average Bonchev–Trinajstić information content (AvgIpc) is 2.82. The Hall–Kier alpha value is -2.36. The van der Waals surface area contributed by atoms with E-state index in [1.54, 1.807) is 6.07 Å². The van der Waals surface area contributed by atoms with E-state index in [-0.39, 0.29) is 11.5 Å². The molecule has 1 aromatic carbocycles. The first-order valence-electron chi connectivity index (χ1n) is 5.15. The van der Waals surface area contributed by atoms with E-state index in [9.17, 15) is 14.7 Å². The van der Waals surface area contributed by atoms with Crippen molar-refractivity contribution in [3.63, 3.8) is 0 Å². The molecular weight excluding hydrogens is 220 g/mol. The van der Waals surface area contributed by atoms with E-state index in [1.165, 1.54) is 0 Å². The number of hydrogen-bond acceptors (Lipinski definition) is 4. The molecule has 1 heterocycles. The van der Waals surface area contributed by atoms with Crippen LogP contribution in [0, 0.1) is 0 Å². The van der Waals surface area contributed by atoms with Crippen LogP contribution >= 0.6 is 0 Å². The molecule has 0 saturated carbocycles. The lowest BCUT2D eigenvalue weighted by atomic mass is 10.1. The Kier molecular flexibility index (Phi) is 1.92. The smallest absolute Gasteiger partial charge is 0.384 e. The standard InChI is InChI=1S/C13H8O4/c14-10-6-11(17-13(10)16)9-5-7-3-1-2-4-8(7)12(9)15/h1-4,6,15H,5H2. The summed E-state index contributed by atoms with van der Waals surface area (Å²) in [5.74, 6) is -1.34. The van der Waals surface area contributed by atoms with E-state index in [0.29, 0.717) is 12.0 Å². The number of aliphatic hydroxyl groups is 1. The highest BCUT2D eigenvalue weighted by atomic mass is 16.5. The number of rotatable bonds is 1. The maximum Gasteiger partial charge on any atom is 0.384 e. The van der Waals surface area contributed by atoms with Crippen molar-refractivity contribution in [1.29, 1.82) is 0 Å². The number of esters is 1. The molecule has 4 heteroatoms. The van der Waals surface area contributed by atoms with Crippen molar-refractivity contribution in [2.75, 3.05) is 0 Å². The van der Waals surface area contributed by atoms with Crippen molar-refractivity contribution in [3.8, 4) is 0 Å². The van der Waals surface area contributed by atoms with Gasteiger partial charge in [0.2, 0.25) is 0 Å². The molecule has 17 heavy (non-hydrogen) atoms. The quantitative estimate of drug-likeness (QED) is 0.584. The molecule has 1 aromatic rings. The second kappa shape index (κ2) is 3.31. The second-order valence-electron chi connectivity index (χ2n) is 3.92. The van der Waals surface area contributed by atoms with E-state index in [2.05, 4.69) is 0 Å². The van der Waals surface area contributed by atoms with Gasteiger partial charge in [-0.2, -0.15) is 0 Å². The Labute approximate surface area is 96.8 Å². The fourth-order valence-electron chi connectivity index (χ4n) is 2.05. The Morgan fingerprint density at radius 1 is 1.18 bits per heavy atom. The average molecular weight is 228 g/mol. The summed E-state index contributed by atoms with van der Waals surface area (Å²) in [6, 6.07) is 7.36. The normalized spacial score (nSPS) is 18.2. The predicted octanol–water partition coefficient (Wildman–Crippen LogP) is 1.52. The summed E-state index contributed by atoms with van der Waals surface area (Å²) >= 11 is 0. The second-order valence-corrected chi connectivity index (χ2v) is 3.92. The first-order chi connectivity index (χ1) is 8.16. The molecular formula is C13H8O4. The Bertz CT molecular complexity index is 608. The van der Waals surface area contributed by atoms with Crippen LogP contribution in [0.1, 0.15) is 11.1 Å². The van der Waals surface area contributed by atoms with E-state index < -0.39 is 11.8 Å². The van der Waals surface area contributed by atoms with Gasteiger partial charge in [-0.1, -0.05) is 24.3 Å². The van der Waals surface area contributed by atoms with Gasteiger partial charge in [0.15, 0.2) is 0 Å². The number of hydrogen-bond donors (Lipinski definition) is 1. The molecule has 0 amide bonds. The minimum absolute atomic E-state index is 0.0781. The zero-order valence-corrected chi connectivity index (χ0v) is 8.77. The number of benzene rings is 1. The van der Waals surface area contributed by atoms with Crippen LogP contribution in [0.5, 0.6) is 0 Å². The van der Waals surface area contributed by atoms with Crippen LogP contribution in [-0.4, -0.2) is 16.9 Å². The lowest BCUT2D eigenvalue weighted by molar-refractivity contribution is -0.145. The van der Waals surface area contributed by atoms with Crippen LogP contribution in [0.3, 0.4) is 0 Å². The molecule has 1 aliphatic heterocycles. The first-order valence-corrected chi connectivity index (χ1v) is 5.15. The van der Waals surface area contributed by atoms with Gasteiger partial charge in [0.1, 0.15) is 11.5 Å². The van der Waals surface area contributed by atoms with E-state index in [1.807, 2.05) is 18.2 Å². The largest absolute Gasteiger partial charge is 0.507 e. The molecule has 0 spiro atoms. The summed E-state index contributed by atoms with van der Waals surface area (Å²) in [5, 5.41) is 10.0. The predicted molar refractivity (Wildman–Crippen MR) is 58.9 cm³/mol. The lowest BCUT2D eigenvalue weighted by Gasteiger charge is -2.02. The molecule has 1 aliphatic carbocycles. The van der Waals surface area contributed by atoms with Crippen LogP contribution in [0.25, 0.3) is 5.76 Å². The molecule has 0 radical (unpaired) electrons. The van der Waals surface area contributed by atoms with Gasteiger partial charge >= 0.3 is 5.97 Å². The van der Waals surface area contributed by atoms with E-state index >= 15 is 0 Å². The maximum absolute atomic E-state index is 11.1. The molecule has 2 aliphatic rings. The van der Waals surface area contributed by atoms with Gasteiger partial charge in [-0.05, 0) is 5.56 Å². The number of cyclic esters (lactones) is 1. The van der Waals surface area contributed by atoms with E-state index in [4.69, 9.17) is 4.74 Å². The summed E-state index contributed by atoms with van der Waals surface area (Å²) in [5.41, 5.74) is 2.17. The van der Waals surface area contributed by atoms with Crippen LogP contribution in [0.2, 0.25) is 0 Å². The van der Waals surface area contributed by atoms with E-state index in [0.717, 1.165) is 17.2 Å². The lowest BCUT2D eigenvalue weighted by Crippen LogP contribution is -2.06. The molecule has 0 bridgehead atoms. The zero-order chi connectivity index (χ0) is 12.0. The van der Waals surface area contributed by atoms with Crippen LogP contribution in [0.15, 0.2) is 41.7 Å². The third-order valence-corrected chi connectivity index (χ3v) is 2.89. The molecule has 0 fully saturated rings. The topological polar surface area (TPSA) is 63.6 Å². The molecule has 0 atom stereocenters. The monoisotopic (exact) mass is 228 g/mol. The van der Waals surface area contributed by atoms with Crippen molar-refractivity contribution in [2.45, 2.75) is 6.42 Å². The molecule has 3 rings (SSSR count). The van der Waals surface area contributed by atoms with Gasteiger partial charge in [0.05, 0.1) is 0 Å². The Morgan fingerprint density at radius 3 is 2.59 bits per heavy atom. The highest BCUT2D eigenvalue weighted by Gasteiger charge is 2.31. The number of ether oxygens (including phenoxy) is 1. The van der Waals surface area contributed by atoms with Gasteiger partial charge < -0.3 is 9.84 Å². The first kappa shape index (κ1) is 9.84. The molecule has 1 N–H and O–H groups in total. The minimum Gasteiger partial charge on any atom is -0.507 e. The van der Waals surface area contributed by atoms with Gasteiger partial charge in [-0.3, -0.25) is 4.79 Å². The van der Waals surface area contributed by atoms with Crippen molar-refractivity contribution in [1.82, 2.24) is 0 Å². The van der Waals surface area contributed by atoms with Crippen molar-refractivity contribution in [3.05, 3.63) is 52.8 Å². The van der Waals surface area contributed by atoms with Crippen molar-refractivity contribution in [2.24, 2.45) is 0 Å². The fourth-order valence-corrected chi connectivity index (χ4v) is 2.05. The van der Waals surface area contributed by atoms with Crippen molar-refractivity contribution < 1.29 is 19.4 Å². The number of aliphatic hydroxyl groups excluding tert-OH is 1. The maximum atomic E-state index is 11.1.